The summed E-state index contributed by atoms with van der Waals surface area (Å²) in [6.07, 6.45) is 2.53. The van der Waals surface area contributed by atoms with Crippen molar-refractivity contribution in [2.45, 2.75) is 38.8 Å². The molecule has 5 heteroatoms. The zero-order chi connectivity index (χ0) is 14.5. The first kappa shape index (κ1) is 14.5. The van der Waals surface area contributed by atoms with E-state index in [2.05, 4.69) is 5.32 Å². The molecule has 5 nitrogen and oxygen atoms in total. The molecule has 0 unspecified atom stereocenters. The van der Waals surface area contributed by atoms with Crippen LogP contribution >= 0.6 is 0 Å². The van der Waals surface area contributed by atoms with Gasteiger partial charge in [0.1, 0.15) is 0 Å². The Balaban J connectivity index is 1.93. The van der Waals surface area contributed by atoms with Gasteiger partial charge in [-0.25, -0.2) is 0 Å². The molecule has 0 aromatic heterocycles. The van der Waals surface area contributed by atoms with Crippen molar-refractivity contribution in [1.29, 1.82) is 0 Å². The zero-order valence-electron chi connectivity index (χ0n) is 11.8. The van der Waals surface area contributed by atoms with Gasteiger partial charge < -0.3 is 16.0 Å². The number of hydrogen-bond acceptors (Lipinski definition) is 3. The van der Waals surface area contributed by atoms with Crippen LogP contribution in [0.2, 0.25) is 0 Å². The number of carbonyl (C=O) groups is 2. The summed E-state index contributed by atoms with van der Waals surface area (Å²) in [5.74, 6) is 0.0384. The van der Waals surface area contributed by atoms with Crippen molar-refractivity contribution in [2.75, 3.05) is 11.9 Å². The fourth-order valence-corrected chi connectivity index (χ4v) is 2.13. The minimum absolute atomic E-state index is 0.0800. The largest absolute Gasteiger partial charge is 0.336 e. The van der Waals surface area contributed by atoms with E-state index in [-0.39, 0.29) is 11.8 Å². The maximum Gasteiger partial charge on any atom is 0.225 e. The van der Waals surface area contributed by atoms with Gasteiger partial charge in [0, 0.05) is 38.2 Å². The monoisotopic (exact) mass is 275 g/mol. The van der Waals surface area contributed by atoms with E-state index in [1.54, 1.807) is 6.92 Å². The van der Waals surface area contributed by atoms with Crippen LogP contribution in [-0.2, 0) is 16.1 Å². The molecule has 1 aliphatic rings. The lowest BCUT2D eigenvalue weighted by molar-refractivity contribution is -0.130. The minimum atomic E-state index is -0.0800. The van der Waals surface area contributed by atoms with Gasteiger partial charge >= 0.3 is 0 Å². The molecule has 1 aromatic rings. The third-order valence-corrected chi connectivity index (χ3v) is 3.35. The van der Waals surface area contributed by atoms with E-state index < -0.39 is 0 Å². The fraction of sp³-hybridized carbons (Fsp3) is 0.467. The van der Waals surface area contributed by atoms with Crippen molar-refractivity contribution in [3.63, 3.8) is 0 Å². The standard InChI is InChI=1S/C15H21N3O2/c1-11(19)18(14-6-7-14)10-12-2-4-13(5-3-12)17-15(20)8-9-16/h2-5,14H,6-10,16H2,1H3,(H,17,20). The average Bonchev–Trinajstić information content (AvgIpc) is 3.22. The number of hydrogen-bond donors (Lipinski definition) is 2. The van der Waals surface area contributed by atoms with E-state index in [0.29, 0.717) is 25.6 Å². The third kappa shape index (κ3) is 4.06. The highest BCUT2D eigenvalue weighted by atomic mass is 16.2. The molecular formula is C15H21N3O2. The summed E-state index contributed by atoms with van der Waals surface area (Å²) in [6, 6.07) is 8.01. The Bertz CT molecular complexity index is 480. The van der Waals surface area contributed by atoms with E-state index in [1.165, 1.54) is 0 Å². The van der Waals surface area contributed by atoms with Crippen LogP contribution in [0.1, 0.15) is 31.7 Å². The maximum atomic E-state index is 11.6. The van der Waals surface area contributed by atoms with Gasteiger partial charge in [-0.3, -0.25) is 9.59 Å². The lowest BCUT2D eigenvalue weighted by Gasteiger charge is -2.20. The van der Waals surface area contributed by atoms with Gasteiger partial charge in [0.2, 0.25) is 11.8 Å². The van der Waals surface area contributed by atoms with Gasteiger partial charge in [-0.05, 0) is 30.5 Å². The Morgan fingerprint density at radius 3 is 2.45 bits per heavy atom. The summed E-state index contributed by atoms with van der Waals surface area (Å²) in [5, 5.41) is 2.78. The van der Waals surface area contributed by atoms with Gasteiger partial charge in [-0.2, -0.15) is 0 Å². The molecule has 0 radical (unpaired) electrons. The second kappa shape index (κ2) is 6.52. The molecule has 0 heterocycles. The van der Waals surface area contributed by atoms with Crippen LogP contribution in [0.4, 0.5) is 5.69 Å². The van der Waals surface area contributed by atoms with E-state index in [4.69, 9.17) is 5.73 Å². The molecular weight excluding hydrogens is 254 g/mol. The van der Waals surface area contributed by atoms with Gasteiger partial charge in [-0.15, -0.1) is 0 Å². The summed E-state index contributed by atoms with van der Waals surface area (Å²) >= 11 is 0. The molecule has 0 saturated heterocycles. The minimum Gasteiger partial charge on any atom is -0.336 e. The Morgan fingerprint density at radius 1 is 1.30 bits per heavy atom. The van der Waals surface area contributed by atoms with Crippen LogP contribution in [0.5, 0.6) is 0 Å². The number of carbonyl (C=O) groups excluding carboxylic acids is 2. The number of amides is 2. The molecule has 0 aliphatic heterocycles. The van der Waals surface area contributed by atoms with Gasteiger partial charge in [0.15, 0.2) is 0 Å². The molecule has 1 aliphatic carbocycles. The second-order valence-corrected chi connectivity index (χ2v) is 5.16. The van der Waals surface area contributed by atoms with Crippen molar-refractivity contribution in [3.05, 3.63) is 29.8 Å². The number of nitrogens with two attached hydrogens (primary N) is 1. The highest BCUT2D eigenvalue weighted by molar-refractivity contribution is 5.90. The van der Waals surface area contributed by atoms with Gasteiger partial charge in [0.25, 0.3) is 0 Å². The molecule has 0 atom stereocenters. The predicted molar refractivity (Wildman–Crippen MR) is 78.0 cm³/mol. The van der Waals surface area contributed by atoms with E-state index in [0.717, 1.165) is 24.1 Å². The molecule has 1 fully saturated rings. The summed E-state index contributed by atoms with van der Waals surface area (Å²) < 4.78 is 0. The van der Waals surface area contributed by atoms with Gasteiger partial charge in [-0.1, -0.05) is 12.1 Å². The summed E-state index contributed by atoms with van der Waals surface area (Å²) in [6.45, 7) is 2.59. The molecule has 0 spiro atoms. The van der Waals surface area contributed by atoms with Crippen molar-refractivity contribution < 1.29 is 9.59 Å². The average molecular weight is 275 g/mol. The van der Waals surface area contributed by atoms with Gasteiger partial charge in [0.05, 0.1) is 0 Å². The first-order valence-corrected chi connectivity index (χ1v) is 6.96. The lowest BCUT2D eigenvalue weighted by atomic mass is 10.2. The smallest absolute Gasteiger partial charge is 0.225 e. The van der Waals surface area contributed by atoms with Crippen LogP contribution in [0, 0.1) is 0 Å². The van der Waals surface area contributed by atoms with Crippen LogP contribution in [0.25, 0.3) is 0 Å². The number of nitrogens with one attached hydrogen (secondary N) is 1. The quantitative estimate of drug-likeness (QED) is 0.825. The van der Waals surface area contributed by atoms with E-state index in [9.17, 15) is 9.59 Å². The fourth-order valence-electron chi connectivity index (χ4n) is 2.13. The Kier molecular flexibility index (Phi) is 4.74. The van der Waals surface area contributed by atoms with Crippen molar-refractivity contribution in [1.82, 2.24) is 4.90 Å². The maximum absolute atomic E-state index is 11.6. The number of nitrogens with zero attached hydrogens (tertiary/aromatic N) is 1. The molecule has 1 aromatic carbocycles. The number of anilines is 1. The normalized spacial score (nSPS) is 13.9. The molecule has 3 N–H and O–H groups in total. The van der Waals surface area contributed by atoms with Crippen LogP contribution in [-0.4, -0.2) is 29.3 Å². The number of rotatable bonds is 6. The first-order chi connectivity index (χ1) is 9.60. The number of benzene rings is 1. The van der Waals surface area contributed by atoms with Crippen molar-refractivity contribution >= 4 is 17.5 Å². The topological polar surface area (TPSA) is 75.4 Å². The summed E-state index contributed by atoms with van der Waals surface area (Å²) in [5.41, 5.74) is 7.16. The summed E-state index contributed by atoms with van der Waals surface area (Å²) in [4.78, 5) is 24.9. The first-order valence-electron chi connectivity index (χ1n) is 6.96. The Labute approximate surface area is 119 Å². The molecule has 108 valence electrons. The zero-order valence-corrected chi connectivity index (χ0v) is 11.8. The SMILES string of the molecule is CC(=O)N(Cc1ccc(NC(=O)CCN)cc1)C1CC1. The Hall–Kier alpha value is -1.88. The highest BCUT2D eigenvalue weighted by Gasteiger charge is 2.30. The molecule has 20 heavy (non-hydrogen) atoms. The second-order valence-electron chi connectivity index (χ2n) is 5.16. The van der Waals surface area contributed by atoms with Crippen molar-refractivity contribution in [2.24, 2.45) is 5.73 Å². The van der Waals surface area contributed by atoms with Crippen molar-refractivity contribution in [3.8, 4) is 0 Å². The van der Waals surface area contributed by atoms with Crippen LogP contribution < -0.4 is 11.1 Å². The molecule has 2 rings (SSSR count). The predicted octanol–water partition coefficient (Wildman–Crippen LogP) is 1.48. The summed E-state index contributed by atoms with van der Waals surface area (Å²) in [7, 11) is 0. The van der Waals surface area contributed by atoms with Crippen LogP contribution in [0.3, 0.4) is 0 Å². The molecule has 0 bridgehead atoms. The third-order valence-electron chi connectivity index (χ3n) is 3.35. The van der Waals surface area contributed by atoms with E-state index >= 15 is 0 Å². The van der Waals surface area contributed by atoms with E-state index in [1.807, 2.05) is 29.2 Å². The lowest BCUT2D eigenvalue weighted by Crippen LogP contribution is -2.30. The molecule has 1 saturated carbocycles. The molecule has 2 amide bonds. The highest BCUT2D eigenvalue weighted by Crippen LogP contribution is 2.28. The Morgan fingerprint density at radius 2 is 1.95 bits per heavy atom. The van der Waals surface area contributed by atoms with Crippen LogP contribution in [0.15, 0.2) is 24.3 Å².